The summed E-state index contributed by atoms with van der Waals surface area (Å²) < 4.78 is 5.56. The lowest BCUT2D eigenvalue weighted by atomic mass is 10.1. The van der Waals surface area contributed by atoms with Crippen LogP contribution in [0.2, 0.25) is 0 Å². The van der Waals surface area contributed by atoms with Gasteiger partial charge in [-0.3, -0.25) is 0 Å². The molecule has 0 spiro atoms. The molecule has 7 heteroatoms. The normalized spacial score (nSPS) is 11.8. The number of urea groups is 1. The lowest BCUT2D eigenvalue weighted by Gasteiger charge is -2.15. The lowest BCUT2D eigenvalue weighted by molar-refractivity contribution is -0.139. The molecule has 0 saturated carbocycles. The van der Waals surface area contributed by atoms with Crippen molar-refractivity contribution in [3.63, 3.8) is 0 Å². The molecule has 7 nitrogen and oxygen atoms in total. The highest BCUT2D eigenvalue weighted by atomic mass is 16.5. The Morgan fingerprint density at radius 2 is 2.00 bits per heavy atom. The molecule has 3 rings (SSSR count). The van der Waals surface area contributed by atoms with Crippen LogP contribution in [-0.2, 0) is 11.2 Å². The van der Waals surface area contributed by atoms with Crippen molar-refractivity contribution < 1.29 is 19.4 Å². The molecule has 1 aromatic heterocycles. The molecule has 0 aliphatic heterocycles. The number of aromatic amines is 1. The third kappa shape index (κ3) is 5.03. The number of carboxylic acid groups (broad SMARTS) is 1. The van der Waals surface area contributed by atoms with Crippen LogP contribution in [0.5, 0.6) is 5.75 Å². The Kier molecular flexibility index (Phi) is 6.16. The van der Waals surface area contributed by atoms with Crippen LogP contribution in [0.15, 0.2) is 54.7 Å². The van der Waals surface area contributed by atoms with E-state index in [4.69, 9.17) is 4.74 Å². The van der Waals surface area contributed by atoms with Gasteiger partial charge in [0.2, 0.25) is 0 Å². The van der Waals surface area contributed by atoms with E-state index in [1.807, 2.05) is 55.5 Å². The van der Waals surface area contributed by atoms with E-state index in [1.54, 1.807) is 6.20 Å². The van der Waals surface area contributed by atoms with E-state index >= 15 is 0 Å². The SMILES string of the molecule is Cc1cccc(OCCNC(=O)NC(Cc2c[nH]c3ccccc23)C(=O)O)c1. The van der Waals surface area contributed by atoms with Gasteiger partial charge in [-0.05, 0) is 36.2 Å². The number of aryl methyl sites for hydroxylation is 1. The van der Waals surface area contributed by atoms with Crippen LogP contribution in [0.4, 0.5) is 4.79 Å². The molecule has 2 amide bonds. The zero-order chi connectivity index (χ0) is 19.9. The molecule has 2 aromatic carbocycles. The Morgan fingerprint density at radius 3 is 2.79 bits per heavy atom. The number of benzene rings is 2. The summed E-state index contributed by atoms with van der Waals surface area (Å²) in [5, 5.41) is 15.5. The van der Waals surface area contributed by atoms with Crippen molar-refractivity contribution in [1.82, 2.24) is 15.6 Å². The van der Waals surface area contributed by atoms with Crippen molar-refractivity contribution in [3.05, 3.63) is 65.9 Å². The molecule has 0 aliphatic rings. The van der Waals surface area contributed by atoms with Crippen molar-refractivity contribution in [3.8, 4) is 5.75 Å². The van der Waals surface area contributed by atoms with E-state index in [1.165, 1.54) is 0 Å². The minimum absolute atomic E-state index is 0.187. The minimum atomic E-state index is -1.09. The summed E-state index contributed by atoms with van der Waals surface area (Å²) >= 11 is 0. The van der Waals surface area contributed by atoms with Crippen LogP contribution in [0.1, 0.15) is 11.1 Å². The maximum atomic E-state index is 12.1. The number of fused-ring (bicyclic) bond motifs is 1. The van der Waals surface area contributed by atoms with Crippen molar-refractivity contribution in [2.24, 2.45) is 0 Å². The summed E-state index contributed by atoms with van der Waals surface area (Å²) in [6, 6.07) is 13.7. The van der Waals surface area contributed by atoms with Crippen molar-refractivity contribution in [1.29, 1.82) is 0 Å². The third-order valence-corrected chi connectivity index (χ3v) is 4.35. The maximum Gasteiger partial charge on any atom is 0.326 e. The molecule has 1 atom stereocenters. The molecule has 3 aromatic rings. The van der Waals surface area contributed by atoms with E-state index < -0.39 is 18.0 Å². The first-order valence-electron chi connectivity index (χ1n) is 9.04. The van der Waals surface area contributed by atoms with Gasteiger partial charge in [0.1, 0.15) is 18.4 Å². The quantitative estimate of drug-likeness (QED) is 0.451. The fourth-order valence-corrected chi connectivity index (χ4v) is 2.97. The van der Waals surface area contributed by atoms with Crippen LogP contribution < -0.4 is 15.4 Å². The minimum Gasteiger partial charge on any atom is -0.492 e. The first-order valence-corrected chi connectivity index (χ1v) is 9.04. The number of aliphatic carboxylic acids is 1. The molecule has 0 bridgehead atoms. The number of carbonyl (C=O) groups excluding carboxylic acids is 1. The second-order valence-electron chi connectivity index (χ2n) is 6.52. The maximum absolute atomic E-state index is 12.1. The number of carbonyl (C=O) groups is 2. The number of para-hydroxylation sites is 1. The van der Waals surface area contributed by atoms with Crippen molar-refractivity contribution in [2.75, 3.05) is 13.2 Å². The largest absolute Gasteiger partial charge is 0.492 e. The predicted molar refractivity (Wildman–Crippen MR) is 107 cm³/mol. The highest BCUT2D eigenvalue weighted by Gasteiger charge is 2.21. The zero-order valence-electron chi connectivity index (χ0n) is 15.6. The van der Waals surface area contributed by atoms with E-state index in [0.717, 1.165) is 27.8 Å². The number of hydrogen-bond acceptors (Lipinski definition) is 3. The molecule has 28 heavy (non-hydrogen) atoms. The number of nitrogens with one attached hydrogen (secondary N) is 3. The first kappa shape index (κ1) is 19.3. The monoisotopic (exact) mass is 381 g/mol. The number of hydrogen-bond donors (Lipinski definition) is 4. The smallest absolute Gasteiger partial charge is 0.326 e. The summed E-state index contributed by atoms with van der Waals surface area (Å²) in [6.45, 7) is 2.52. The highest BCUT2D eigenvalue weighted by Crippen LogP contribution is 2.19. The standard InChI is InChI=1S/C21H23N3O4/c1-14-5-4-6-16(11-14)28-10-9-22-21(27)24-19(20(25)26)12-15-13-23-18-8-3-2-7-17(15)18/h2-8,11,13,19,23H,9-10,12H2,1H3,(H,25,26)(H2,22,24,27). The van der Waals surface area contributed by atoms with Crippen LogP contribution in [0.3, 0.4) is 0 Å². The molecule has 0 fully saturated rings. The molecular formula is C21H23N3O4. The van der Waals surface area contributed by atoms with Gasteiger partial charge in [-0.25, -0.2) is 9.59 Å². The topological polar surface area (TPSA) is 103 Å². The Labute approximate surface area is 162 Å². The van der Waals surface area contributed by atoms with Crippen LogP contribution in [0.25, 0.3) is 10.9 Å². The van der Waals surface area contributed by atoms with E-state index in [0.29, 0.717) is 0 Å². The summed E-state index contributed by atoms with van der Waals surface area (Å²) in [6.07, 6.45) is 1.96. The molecule has 1 heterocycles. The van der Waals surface area contributed by atoms with Crippen molar-refractivity contribution in [2.45, 2.75) is 19.4 Å². The summed E-state index contributed by atoms with van der Waals surface area (Å²) in [4.78, 5) is 26.7. The van der Waals surface area contributed by atoms with Crippen LogP contribution in [-0.4, -0.2) is 41.3 Å². The zero-order valence-corrected chi connectivity index (χ0v) is 15.6. The predicted octanol–water partition coefficient (Wildman–Crippen LogP) is 2.85. The molecule has 4 N–H and O–H groups in total. The van der Waals surface area contributed by atoms with Gasteiger partial charge >= 0.3 is 12.0 Å². The summed E-state index contributed by atoms with van der Waals surface area (Å²) in [5.41, 5.74) is 2.86. The van der Waals surface area contributed by atoms with Crippen molar-refractivity contribution >= 4 is 22.9 Å². The Hall–Kier alpha value is -3.48. The molecule has 146 valence electrons. The number of aromatic nitrogens is 1. The third-order valence-electron chi connectivity index (χ3n) is 4.35. The van der Waals surface area contributed by atoms with E-state index in [2.05, 4.69) is 15.6 Å². The number of H-pyrrole nitrogens is 1. The van der Waals surface area contributed by atoms with Crippen LogP contribution >= 0.6 is 0 Å². The van der Waals surface area contributed by atoms with Gasteiger partial charge in [0.15, 0.2) is 0 Å². The Balaban J connectivity index is 1.49. The van der Waals surface area contributed by atoms with Crippen LogP contribution in [0, 0.1) is 6.92 Å². The fraction of sp³-hybridized carbons (Fsp3) is 0.238. The average Bonchev–Trinajstić information content (AvgIpc) is 3.08. The fourth-order valence-electron chi connectivity index (χ4n) is 2.97. The lowest BCUT2D eigenvalue weighted by Crippen LogP contribution is -2.47. The summed E-state index contributed by atoms with van der Waals surface area (Å²) in [5.74, 6) is -0.360. The number of amides is 2. The van der Waals surface area contributed by atoms with Gasteiger partial charge in [-0.2, -0.15) is 0 Å². The van der Waals surface area contributed by atoms with Gasteiger partial charge in [0, 0.05) is 23.5 Å². The van der Waals surface area contributed by atoms with E-state index in [-0.39, 0.29) is 19.6 Å². The number of carboxylic acids is 1. The summed E-state index contributed by atoms with van der Waals surface area (Å²) in [7, 11) is 0. The van der Waals surface area contributed by atoms with Gasteiger partial charge in [-0.15, -0.1) is 0 Å². The molecule has 0 saturated heterocycles. The van der Waals surface area contributed by atoms with Gasteiger partial charge in [0.05, 0.1) is 6.54 Å². The van der Waals surface area contributed by atoms with Gasteiger partial charge < -0.3 is 25.5 Å². The molecule has 0 aliphatic carbocycles. The second kappa shape index (κ2) is 8.94. The van der Waals surface area contributed by atoms with Gasteiger partial charge in [0.25, 0.3) is 0 Å². The first-order chi connectivity index (χ1) is 13.5. The number of ether oxygens (including phenoxy) is 1. The second-order valence-corrected chi connectivity index (χ2v) is 6.52. The van der Waals surface area contributed by atoms with E-state index in [9.17, 15) is 14.7 Å². The molecule has 0 radical (unpaired) electrons. The Bertz CT molecular complexity index is 967. The number of rotatable bonds is 8. The molecule has 1 unspecified atom stereocenters. The highest BCUT2D eigenvalue weighted by molar-refractivity contribution is 5.86. The Morgan fingerprint density at radius 1 is 1.18 bits per heavy atom. The molecular weight excluding hydrogens is 358 g/mol. The average molecular weight is 381 g/mol. The van der Waals surface area contributed by atoms with Gasteiger partial charge in [-0.1, -0.05) is 30.3 Å².